The second-order valence-electron chi connectivity index (χ2n) is 4.45. The van der Waals surface area contributed by atoms with Gasteiger partial charge in [0.05, 0.1) is 20.3 Å². The first-order valence-electron chi connectivity index (χ1n) is 6.35. The molecule has 1 unspecified atom stereocenters. The molecule has 0 aliphatic rings. The van der Waals surface area contributed by atoms with Gasteiger partial charge in [-0.05, 0) is 25.0 Å². The van der Waals surface area contributed by atoms with E-state index < -0.39 is 12.0 Å². The number of hydrogen-bond donors (Lipinski definition) is 1. The number of rotatable bonds is 7. The lowest BCUT2D eigenvalue weighted by Gasteiger charge is -2.22. The van der Waals surface area contributed by atoms with Gasteiger partial charge in [0.1, 0.15) is 0 Å². The highest BCUT2D eigenvalue weighted by atomic mass is 16.5. The van der Waals surface area contributed by atoms with Crippen LogP contribution in [0.5, 0.6) is 11.5 Å². The standard InChI is InChI=1S/C14H20N2O5/c1-16(14(19)10(15)5-7-13(17)18)9-4-6-11(20-2)12(8-9)21-3/h4,6,8,10H,5,7,15H2,1-3H3,(H,17,18)/p-1. The van der Waals surface area contributed by atoms with Crippen LogP contribution in [0.1, 0.15) is 12.8 Å². The molecule has 0 aliphatic carbocycles. The molecule has 21 heavy (non-hydrogen) atoms. The zero-order valence-electron chi connectivity index (χ0n) is 12.3. The predicted octanol–water partition coefficient (Wildman–Crippen LogP) is -0.476. The lowest BCUT2D eigenvalue weighted by atomic mass is 10.1. The summed E-state index contributed by atoms with van der Waals surface area (Å²) in [4.78, 5) is 23.9. The van der Waals surface area contributed by atoms with E-state index in [4.69, 9.17) is 15.2 Å². The number of ether oxygens (including phenoxy) is 2. The molecule has 0 heterocycles. The van der Waals surface area contributed by atoms with Gasteiger partial charge in [0.2, 0.25) is 5.91 Å². The molecular formula is C14H19N2O5-. The van der Waals surface area contributed by atoms with Crippen molar-refractivity contribution in [1.82, 2.24) is 0 Å². The number of benzene rings is 1. The SMILES string of the molecule is COc1ccc(N(C)C(=O)C(N)CCC(=O)[O-])cc1OC. The monoisotopic (exact) mass is 295 g/mol. The van der Waals surface area contributed by atoms with Crippen LogP contribution in [0, 0.1) is 0 Å². The van der Waals surface area contributed by atoms with Gasteiger partial charge in [-0.2, -0.15) is 0 Å². The molecule has 1 atom stereocenters. The first-order chi connectivity index (χ1) is 9.90. The van der Waals surface area contributed by atoms with Gasteiger partial charge in [-0.3, -0.25) is 4.79 Å². The molecule has 0 aromatic heterocycles. The number of nitrogens with two attached hydrogens (primary N) is 1. The first kappa shape index (κ1) is 16.8. The van der Waals surface area contributed by atoms with Gasteiger partial charge in [0, 0.05) is 24.8 Å². The number of amides is 1. The maximum absolute atomic E-state index is 12.1. The molecule has 1 rings (SSSR count). The molecule has 0 saturated carbocycles. The van der Waals surface area contributed by atoms with Crippen LogP contribution >= 0.6 is 0 Å². The Bertz CT molecular complexity index is 518. The zero-order chi connectivity index (χ0) is 16.0. The third kappa shape index (κ3) is 4.35. The summed E-state index contributed by atoms with van der Waals surface area (Å²) in [6.07, 6.45) is -0.231. The fourth-order valence-electron chi connectivity index (χ4n) is 1.81. The number of likely N-dealkylation sites (N-methyl/N-ethyl adjacent to an activating group) is 1. The van der Waals surface area contributed by atoms with E-state index >= 15 is 0 Å². The first-order valence-corrected chi connectivity index (χ1v) is 6.35. The Morgan fingerprint density at radius 1 is 1.29 bits per heavy atom. The fourth-order valence-corrected chi connectivity index (χ4v) is 1.81. The number of carboxylic acids is 1. The van der Waals surface area contributed by atoms with E-state index in [2.05, 4.69) is 0 Å². The molecule has 0 saturated heterocycles. The minimum absolute atomic E-state index is 0.0266. The zero-order valence-corrected chi connectivity index (χ0v) is 12.3. The maximum atomic E-state index is 12.1. The minimum atomic E-state index is -1.23. The molecule has 1 aromatic rings. The third-order valence-corrected chi connectivity index (χ3v) is 3.06. The number of hydrogen-bond acceptors (Lipinski definition) is 6. The van der Waals surface area contributed by atoms with E-state index in [1.165, 1.54) is 19.1 Å². The summed E-state index contributed by atoms with van der Waals surface area (Å²) in [7, 11) is 4.57. The summed E-state index contributed by atoms with van der Waals surface area (Å²) in [5, 5.41) is 10.4. The molecule has 0 aliphatic heterocycles. The van der Waals surface area contributed by atoms with Crippen LogP contribution in [-0.2, 0) is 9.59 Å². The number of carbonyl (C=O) groups is 2. The Morgan fingerprint density at radius 2 is 1.90 bits per heavy atom. The van der Waals surface area contributed by atoms with Crippen molar-refractivity contribution in [3.05, 3.63) is 18.2 Å². The highest BCUT2D eigenvalue weighted by Gasteiger charge is 2.20. The molecule has 1 aromatic carbocycles. The quantitative estimate of drug-likeness (QED) is 0.728. The van der Waals surface area contributed by atoms with Gasteiger partial charge in [0.15, 0.2) is 11.5 Å². The van der Waals surface area contributed by atoms with Crippen molar-refractivity contribution >= 4 is 17.6 Å². The average molecular weight is 295 g/mol. The number of aliphatic carboxylic acids is 1. The summed E-state index contributed by atoms with van der Waals surface area (Å²) in [6, 6.07) is 4.10. The van der Waals surface area contributed by atoms with Gasteiger partial charge in [-0.25, -0.2) is 0 Å². The topological polar surface area (TPSA) is 105 Å². The highest BCUT2D eigenvalue weighted by Crippen LogP contribution is 2.31. The summed E-state index contributed by atoms with van der Waals surface area (Å²) in [5.41, 5.74) is 6.26. The summed E-state index contributed by atoms with van der Waals surface area (Å²) in [6.45, 7) is 0. The van der Waals surface area contributed by atoms with Crippen molar-refractivity contribution in [3.8, 4) is 11.5 Å². The Hall–Kier alpha value is -2.28. The molecular weight excluding hydrogens is 276 g/mol. The van der Waals surface area contributed by atoms with Crippen LogP contribution in [0.3, 0.4) is 0 Å². The molecule has 0 fully saturated rings. The highest BCUT2D eigenvalue weighted by molar-refractivity contribution is 5.97. The van der Waals surface area contributed by atoms with Crippen LogP contribution in [0.25, 0.3) is 0 Å². The number of carbonyl (C=O) groups excluding carboxylic acids is 2. The Balaban J connectivity index is 2.84. The van der Waals surface area contributed by atoms with E-state index in [-0.39, 0.29) is 18.7 Å². The fraction of sp³-hybridized carbons (Fsp3) is 0.429. The van der Waals surface area contributed by atoms with Gasteiger partial charge >= 0.3 is 0 Å². The van der Waals surface area contributed by atoms with E-state index in [9.17, 15) is 14.7 Å². The summed E-state index contributed by atoms with van der Waals surface area (Å²) in [5.74, 6) is -0.586. The largest absolute Gasteiger partial charge is 0.550 e. The molecule has 1 amide bonds. The van der Waals surface area contributed by atoms with Gasteiger partial charge in [-0.1, -0.05) is 0 Å². The molecule has 7 heteroatoms. The Morgan fingerprint density at radius 3 is 2.43 bits per heavy atom. The third-order valence-electron chi connectivity index (χ3n) is 3.06. The molecule has 0 bridgehead atoms. The lowest BCUT2D eigenvalue weighted by molar-refractivity contribution is -0.305. The van der Waals surface area contributed by atoms with Crippen LogP contribution in [0.4, 0.5) is 5.69 Å². The van der Waals surface area contributed by atoms with Crippen molar-refractivity contribution in [3.63, 3.8) is 0 Å². The van der Waals surface area contributed by atoms with E-state index in [1.54, 1.807) is 25.2 Å². The average Bonchev–Trinajstić information content (AvgIpc) is 2.50. The smallest absolute Gasteiger partial charge is 0.243 e. The van der Waals surface area contributed by atoms with E-state index in [1.807, 2.05) is 0 Å². The van der Waals surface area contributed by atoms with Crippen LogP contribution < -0.4 is 25.2 Å². The van der Waals surface area contributed by atoms with E-state index in [0.29, 0.717) is 17.2 Å². The predicted molar refractivity (Wildman–Crippen MR) is 75.2 cm³/mol. The van der Waals surface area contributed by atoms with Crippen LogP contribution in [0.2, 0.25) is 0 Å². The van der Waals surface area contributed by atoms with Crippen LogP contribution in [0.15, 0.2) is 18.2 Å². The van der Waals surface area contributed by atoms with Crippen molar-refractivity contribution in [1.29, 1.82) is 0 Å². The molecule has 0 radical (unpaired) electrons. The van der Waals surface area contributed by atoms with E-state index in [0.717, 1.165) is 0 Å². The van der Waals surface area contributed by atoms with Gasteiger partial charge in [-0.15, -0.1) is 0 Å². The second kappa shape index (κ2) is 7.49. The number of nitrogens with zero attached hydrogens (tertiary/aromatic N) is 1. The number of anilines is 1. The number of carboxylic acid groups (broad SMARTS) is 1. The summed E-state index contributed by atoms with van der Waals surface area (Å²) >= 11 is 0. The molecule has 0 spiro atoms. The lowest BCUT2D eigenvalue weighted by Crippen LogP contribution is -2.42. The van der Waals surface area contributed by atoms with Crippen molar-refractivity contribution in [2.45, 2.75) is 18.9 Å². The maximum Gasteiger partial charge on any atom is 0.243 e. The van der Waals surface area contributed by atoms with Crippen molar-refractivity contribution < 1.29 is 24.2 Å². The molecule has 116 valence electrons. The second-order valence-corrected chi connectivity index (χ2v) is 4.45. The Labute approximate surface area is 123 Å². The molecule has 2 N–H and O–H groups in total. The van der Waals surface area contributed by atoms with Crippen molar-refractivity contribution in [2.75, 3.05) is 26.2 Å². The summed E-state index contributed by atoms with van der Waals surface area (Å²) < 4.78 is 10.3. The normalized spacial score (nSPS) is 11.6. The molecule has 7 nitrogen and oxygen atoms in total. The van der Waals surface area contributed by atoms with Crippen molar-refractivity contribution in [2.24, 2.45) is 5.73 Å². The Kier molecular flexibility index (Phi) is 5.98. The number of methoxy groups -OCH3 is 2. The van der Waals surface area contributed by atoms with Gasteiger partial charge < -0.3 is 30.0 Å². The van der Waals surface area contributed by atoms with Gasteiger partial charge in [0.25, 0.3) is 0 Å². The minimum Gasteiger partial charge on any atom is -0.550 e. The van der Waals surface area contributed by atoms with Crippen LogP contribution in [-0.4, -0.2) is 39.2 Å².